The average molecular weight is 228 g/mol. The molecule has 0 saturated carbocycles. The number of nitrogens with one attached hydrogen (secondary N) is 1. The minimum atomic E-state index is 0. The zero-order chi connectivity index (χ0) is 10.4. The van der Waals surface area contributed by atoms with E-state index in [0.29, 0.717) is 5.92 Å². The molecule has 1 nitrogen and oxygen atoms in total. The molecule has 2 heteroatoms. The van der Waals surface area contributed by atoms with Crippen molar-refractivity contribution in [3.63, 3.8) is 0 Å². The Morgan fingerprint density at radius 2 is 1.60 bits per heavy atom. The van der Waals surface area contributed by atoms with Crippen molar-refractivity contribution in [3.05, 3.63) is 35.9 Å². The van der Waals surface area contributed by atoms with Crippen LogP contribution in [0.2, 0.25) is 0 Å². The summed E-state index contributed by atoms with van der Waals surface area (Å²) in [4.78, 5) is 0. The van der Waals surface area contributed by atoms with Crippen LogP contribution >= 0.6 is 12.4 Å². The molecule has 1 atom stereocenters. The van der Waals surface area contributed by atoms with Gasteiger partial charge in [-0.1, -0.05) is 51.1 Å². The van der Waals surface area contributed by atoms with E-state index in [0.717, 1.165) is 19.0 Å². The zero-order valence-corrected chi connectivity index (χ0v) is 10.7. The van der Waals surface area contributed by atoms with Gasteiger partial charge in [-0.3, -0.25) is 0 Å². The molecule has 0 saturated heterocycles. The van der Waals surface area contributed by atoms with Gasteiger partial charge in [0.25, 0.3) is 0 Å². The summed E-state index contributed by atoms with van der Waals surface area (Å²) in [6.45, 7) is 8.92. The molecule has 1 rings (SSSR count). The van der Waals surface area contributed by atoms with Crippen LogP contribution in [0.1, 0.15) is 32.3 Å². The first kappa shape index (κ1) is 14.5. The highest BCUT2D eigenvalue weighted by Crippen LogP contribution is 2.12. The highest BCUT2D eigenvalue weighted by atomic mass is 35.5. The minimum absolute atomic E-state index is 0. The molecule has 0 aliphatic rings. The topological polar surface area (TPSA) is 12.0 Å². The Labute approximate surface area is 99.7 Å². The number of benzene rings is 1. The summed E-state index contributed by atoms with van der Waals surface area (Å²) in [7, 11) is 0. The van der Waals surface area contributed by atoms with Crippen LogP contribution in [-0.4, -0.2) is 13.1 Å². The van der Waals surface area contributed by atoms with Crippen LogP contribution in [0.25, 0.3) is 0 Å². The van der Waals surface area contributed by atoms with Gasteiger partial charge in [0, 0.05) is 6.54 Å². The average Bonchev–Trinajstić information content (AvgIpc) is 2.18. The van der Waals surface area contributed by atoms with E-state index in [1.165, 1.54) is 5.56 Å². The summed E-state index contributed by atoms with van der Waals surface area (Å²) in [5, 5.41) is 3.48. The smallest absolute Gasteiger partial charge is 0.00176 e. The molecule has 0 heterocycles. The van der Waals surface area contributed by atoms with E-state index in [-0.39, 0.29) is 12.4 Å². The molecule has 0 spiro atoms. The SMILES string of the molecule is CC(C)CNCC(C)c1ccccc1.Cl. The highest BCUT2D eigenvalue weighted by Gasteiger charge is 2.03. The predicted octanol–water partition coefficient (Wildman–Crippen LogP) is 3.46. The Morgan fingerprint density at radius 3 is 2.13 bits per heavy atom. The van der Waals surface area contributed by atoms with Crippen molar-refractivity contribution in [2.24, 2.45) is 5.92 Å². The third-order valence-corrected chi connectivity index (χ3v) is 2.37. The molecule has 0 fully saturated rings. The molecule has 0 aromatic heterocycles. The third-order valence-electron chi connectivity index (χ3n) is 2.37. The van der Waals surface area contributed by atoms with Crippen LogP contribution < -0.4 is 5.32 Å². The second kappa shape index (κ2) is 7.72. The van der Waals surface area contributed by atoms with Crippen molar-refractivity contribution < 1.29 is 0 Å². The van der Waals surface area contributed by atoms with Crippen LogP contribution in [0.15, 0.2) is 30.3 Å². The van der Waals surface area contributed by atoms with E-state index in [4.69, 9.17) is 0 Å². The molecule has 1 unspecified atom stereocenters. The molecule has 0 amide bonds. The molecule has 0 aliphatic carbocycles. The van der Waals surface area contributed by atoms with Crippen LogP contribution in [0.4, 0.5) is 0 Å². The van der Waals surface area contributed by atoms with E-state index in [1.807, 2.05) is 0 Å². The molecule has 15 heavy (non-hydrogen) atoms. The van der Waals surface area contributed by atoms with E-state index < -0.39 is 0 Å². The highest BCUT2D eigenvalue weighted by molar-refractivity contribution is 5.85. The summed E-state index contributed by atoms with van der Waals surface area (Å²) in [5.74, 6) is 1.34. The van der Waals surface area contributed by atoms with Crippen LogP contribution in [0.5, 0.6) is 0 Å². The first-order valence-electron chi connectivity index (χ1n) is 5.46. The maximum atomic E-state index is 3.48. The minimum Gasteiger partial charge on any atom is -0.316 e. The number of hydrogen-bond donors (Lipinski definition) is 1. The molecule has 0 aliphatic heterocycles. The summed E-state index contributed by atoms with van der Waals surface area (Å²) in [6.07, 6.45) is 0. The van der Waals surface area contributed by atoms with Gasteiger partial charge in [-0.25, -0.2) is 0 Å². The van der Waals surface area contributed by atoms with Gasteiger partial charge in [-0.2, -0.15) is 0 Å². The largest absolute Gasteiger partial charge is 0.316 e. The Kier molecular flexibility index (Phi) is 7.45. The third kappa shape index (κ3) is 5.81. The van der Waals surface area contributed by atoms with Crippen LogP contribution in [0.3, 0.4) is 0 Å². The van der Waals surface area contributed by atoms with Crippen LogP contribution in [-0.2, 0) is 0 Å². The Balaban J connectivity index is 0.00000196. The molecule has 0 radical (unpaired) electrons. The zero-order valence-electron chi connectivity index (χ0n) is 9.86. The molecule has 1 N–H and O–H groups in total. The van der Waals surface area contributed by atoms with Gasteiger partial charge >= 0.3 is 0 Å². The maximum absolute atomic E-state index is 3.48. The summed E-state index contributed by atoms with van der Waals surface area (Å²) >= 11 is 0. The normalized spacial score (nSPS) is 12.3. The fraction of sp³-hybridized carbons (Fsp3) is 0.538. The number of halogens is 1. The predicted molar refractivity (Wildman–Crippen MR) is 69.8 cm³/mol. The lowest BCUT2D eigenvalue weighted by molar-refractivity contribution is 0.529. The van der Waals surface area contributed by atoms with Crippen molar-refractivity contribution >= 4 is 12.4 Å². The second-order valence-electron chi connectivity index (χ2n) is 4.36. The van der Waals surface area contributed by atoms with Crippen LogP contribution in [0, 0.1) is 5.92 Å². The van der Waals surface area contributed by atoms with Gasteiger partial charge in [0.15, 0.2) is 0 Å². The summed E-state index contributed by atoms with van der Waals surface area (Å²) in [5.41, 5.74) is 1.42. The monoisotopic (exact) mass is 227 g/mol. The van der Waals surface area contributed by atoms with Gasteiger partial charge in [-0.15, -0.1) is 12.4 Å². The Bertz CT molecular complexity index is 246. The number of rotatable bonds is 5. The van der Waals surface area contributed by atoms with E-state index in [9.17, 15) is 0 Å². The molecular weight excluding hydrogens is 206 g/mol. The fourth-order valence-electron chi connectivity index (χ4n) is 1.49. The lowest BCUT2D eigenvalue weighted by atomic mass is 10.0. The standard InChI is InChI=1S/C13H21N.ClH/c1-11(2)9-14-10-12(3)13-7-5-4-6-8-13;/h4-8,11-12,14H,9-10H2,1-3H3;1H. The molecule has 1 aromatic carbocycles. The molecular formula is C13H22ClN. The van der Waals surface area contributed by atoms with Crippen molar-refractivity contribution in [3.8, 4) is 0 Å². The lowest BCUT2D eigenvalue weighted by Gasteiger charge is -2.14. The first-order chi connectivity index (χ1) is 6.70. The van der Waals surface area contributed by atoms with Gasteiger partial charge in [0.1, 0.15) is 0 Å². The molecule has 0 bridgehead atoms. The van der Waals surface area contributed by atoms with E-state index in [2.05, 4.69) is 56.4 Å². The van der Waals surface area contributed by atoms with Gasteiger partial charge < -0.3 is 5.32 Å². The van der Waals surface area contributed by atoms with Gasteiger partial charge in [0.2, 0.25) is 0 Å². The summed E-state index contributed by atoms with van der Waals surface area (Å²) < 4.78 is 0. The van der Waals surface area contributed by atoms with E-state index >= 15 is 0 Å². The van der Waals surface area contributed by atoms with Crippen molar-refractivity contribution in [1.29, 1.82) is 0 Å². The van der Waals surface area contributed by atoms with Crippen molar-refractivity contribution in [2.45, 2.75) is 26.7 Å². The van der Waals surface area contributed by atoms with Crippen molar-refractivity contribution in [2.75, 3.05) is 13.1 Å². The molecule has 86 valence electrons. The Morgan fingerprint density at radius 1 is 1.00 bits per heavy atom. The molecule has 1 aromatic rings. The maximum Gasteiger partial charge on any atom is 0.00176 e. The van der Waals surface area contributed by atoms with E-state index in [1.54, 1.807) is 0 Å². The quantitative estimate of drug-likeness (QED) is 0.813. The Hall–Kier alpha value is -0.530. The summed E-state index contributed by atoms with van der Waals surface area (Å²) in [6, 6.07) is 10.7. The fourth-order valence-corrected chi connectivity index (χ4v) is 1.49. The lowest BCUT2D eigenvalue weighted by Crippen LogP contribution is -2.24. The van der Waals surface area contributed by atoms with Gasteiger partial charge in [0.05, 0.1) is 0 Å². The first-order valence-corrected chi connectivity index (χ1v) is 5.46. The van der Waals surface area contributed by atoms with Gasteiger partial charge in [-0.05, 0) is 23.9 Å². The number of hydrogen-bond acceptors (Lipinski definition) is 1. The van der Waals surface area contributed by atoms with Crippen molar-refractivity contribution in [1.82, 2.24) is 5.32 Å². The second-order valence-corrected chi connectivity index (χ2v) is 4.36.